The first-order chi connectivity index (χ1) is 14.1. The molecule has 0 bridgehead atoms. The molecule has 30 heavy (non-hydrogen) atoms. The number of nitrogens with zero attached hydrogens (tertiary/aromatic N) is 2. The van der Waals surface area contributed by atoms with Crippen LogP contribution in [0.3, 0.4) is 0 Å². The maximum absolute atomic E-state index is 11.2. The lowest BCUT2D eigenvalue weighted by Crippen LogP contribution is -2.51. The molecule has 2 fully saturated rings. The highest BCUT2D eigenvalue weighted by Gasteiger charge is 2.39. The summed E-state index contributed by atoms with van der Waals surface area (Å²) in [6.07, 6.45) is 5.27. The van der Waals surface area contributed by atoms with Crippen LogP contribution in [-0.2, 0) is 6.42 Å². The van der Waals surface area contributed by atoms with Gasteiger partial charge in [-0.25, -0.2) is 4.79 Å². The first-order valence-corrected chi connectivity index (χ1v) is 11.7. The highest BCUT2D eigenvalue weighted by molar-refractivity contribution is 7.80. The minimum atomic E-state index is -0.771. The predicted molar refractivity (Wildman–Crippen MR) is 127 cm³/mol. The molecular formula is C24H37N3O2S. The van der Waals surface area contributed by atoms with E-state index in [-0.39, 0.29) is 5.41 Å². The summed E-state index contributed by atoms with van der Waals surface area (Å²) in [5.41, 5.74) is 8.40. The van der Waals surface area contributed by atoms with E-state index in [1.165, 1.54) is 24.1 Å². The Labute approximate surface area is 186 Å². The maximum Gasteiger partial charge on any atom is 0.407 e. The van der Waals surface area contributed by atoms with E-state index in [4.69, 9.17) is 18.0 Å². The number of aryl methyl sites for hydroxylation is 1. The van der Waals surface area contributed by atoms with Crippen LogP contribution in [0.5, 0.6) is 0 Å². The van der Waals surface area contributed by atoms with Crippen molar-refractivity contribution in [3.63, 3.8) is 0 Å². The number of benzene rings is 1. The number of likely N-dealkylation sites (tertiary alicyclic amines) is 1. The van der Waals surface area contributed by atoms with Gasteiger partial charge in [-0.3, -0.25) is 0 Å². The molecule has 0 saturated carbocycles. The van der Waals surface area contributed by atoms with Crippen molar-refractivity contribution in [2.75, 3.05) is 24.5 Å². The molecule has 2 atom stereocenters. The van der Waals surface area contributed by atoms with E-state index in [1.54, 1.807) is 4.90 Å². The van der Waals surface area contributed by atoms with E-state index in [0.29, 0.717) is 36.0 Å². The Bertz CT molecular complexity index is 736. The summed E-state index contributed by atoms with van der Waals surface area (Å²) in [4.78, 5) is 16.0. The summed E-state index contributed by atoms with van der Waals surface area (Å²) < 4.78 is 0. The molecule has 2 aliphatic heterocycles. The van der Waals surface area contributed by atoms with Gasteiger partial charge in [0.15, 0.2) is 0 Å². The molecule has 0 aromatic heterocycles. The quantitative estimate of drug-likeness (QED) is 0.647. The van der Waals surface area contributed by atoms with Crippen molar-refractivity contribution in [2.45, 2.75) is 65.3 Å². The van der Waals surface area contributed by atoms with Crippen molar-refractivity contribution in [1.29, 1.82) is 0 Å². The van der Waals surface area contributed by atoms with Crippen LogP contribution in [-0.4, -0.2) is 46.8 Å². The maximum atomic E-state index is 11.2. The molecule has 0 radical (unpaired) electrons. The number of nitrogens with two attached hydrogens (primary N) is 1. The van der Waals surface area contributed by atoms with Crippen LogP contribution in [0.4, 0.5) is 10.5 Å². The molecule has 1 aromatic rings. The standard InChI is InChI=1S/C24H37N3O2S/c1-24(2,3)21-16-19(18-10-13-26(14-11-18)23(28)29)12-15-27(21)20-7-4-17(5-8-20)6-9-22(25)30/h4-5,7-8,18-19,21H,6,9-16H2,1-3H3,(H2,25,30)(H,28,29). The molecular weight excluding hydrogens is 394 g/mol. The molecule has 2 unspecified atom stereocenters. The Morgan fingerprint density at radius 3 is 2.23 bits per heavy atom. The van der Waals surface area contributed by atoms with E-state index in [1.807, 2.05) is 0 Å². The van der Waals surface area contributed by atoms with E-state index in [9.17, 15) is 9.90 Å². The van der Waals surface area contributed by atoms with Gasteiger partial charge in [0.2, 0.25) is 0 Å². The van der Waals surface area contributed by atoms with Crippen LogP contribution >= 0.6 is 12.2 Å². The lowest BCUT2D eigenvalue weighted by molar-refractivity contribution is 0.0959. The number of carbonyl (C=O) groups is 1. The first kappa shape index (κ1) is 22.9. The van der Waals surface area contributed by atoms with Crippen molar-refractivity contribution < 1.29 is 9.90 Å². The number of thiocarbonyl (C=S) groups is 1. The Morgan fingerprint density at radius 2 is 1.70 bits per heavy atom. The van der Waals surface area contributed by atoms with E-state index >= 15 is 0 Å². The normalized spacial score (nSPS) is 23.4. The minimum absolute atomic E-state index is 0.185. The lowest BCUT2D eigenvalue weighted by atomic mass is 9.71. The summed E-state index contributed by atoms with van der Waals surface area (Å²) in [5.74, 6) is 1.33. The number of hydrogen-bond acceptors (Lipinski definition) is 3. The van der Waals surface area contributed by atoms with Gasteiger partial charge in [0.25, 0.3) is 0 Å². The lowest BCUT2D eigenvalue weighted by Gasteiger charge is -2.49. The smallest absolute Gasteiger partial charge is 0.407 e. The molecule has 166 valence electrons. The zero-order chi connectivity index (χ0) is 21.9. The summed E-state index contributed by atoms with van der Waals surface area (Å²) in [7, 11) is 0. The van der Waals surface area contributed by atoms with Crippen LogP contribution in [0, 0.1) is 17.3 Å². The SMILES string of the molecule is CC(C)(C)C1CC(C2CCN(C(=O)O)CC2)CCN1c1ccc(CCC(N)=S)cc1. The molecule has 0 spiro atoms. The van der Waals surface area contributed by atoms with Crippen molar-refractivity contribution in [3.8, 4) is 0 Å². The van der Waals surface area contributed by atoms with Gasteiger partial charge in [0, 0.05) is 37.8 Å². The molecule has 3 rings (SSSR count). The van der Waals surface area contributed by atoms with Crippen LogP contribution < -0.4 is 10.6 Å². The molecule has 2 aliphatic rings. The third-order valence-electron chi connectivity index (χ3n) is 7.05. The number of hydrogen-bond donors (Lipinski definition) is 2. The van der Waals surface area contributed by atoms with Gasteiger partial charge in [-0.05, 0) is 67.1 Å². The third-order valence-corrected chi connectivity index (χ3v) is 7.25. The average Bonchev–Trinajstić information content (AvgIpc) is 2.71. The average molecular weight is 432 g/mol. The Morgan fingerprint density at radius 1 is 1.10 bits per heavy atom. The number of piperidine rings is 2. The van der Waals surface area contributed by atoms with E-state index in [0.717, 1.165) is 32.2 Å². The molecule has 5 nitrogen and oxygen atoms in total. The van der Waals surface area contributed by atoms with Crippen LogP contribution in [0.25, 0.3) is 0 Å². The summed E-state index contributed by atoms with van der Waals surface area (Å²) >= 11 is 5.00. The Kier molecular flexibility index (Phi) is 7.27. The second kappa shape index (κ2) is 9.54. The van der Waals surface area contributed by atoms with Crippen LogP contribution in [0.15, 0.2) is 24.3 Å². The number of carboxylic acid groups (broad SMARTS) is 1. The highest BCUT2D eigenvalue weighted by atomic mass is 32.1. The fourth-order valence-electron chi connectivity index (χ4n) is 5.23. The molecule has 2 heterocycles. The van der Waals surface area contributed by atoms with E-state index < -0.39 is 6.09 Å². The van der Waals surface area contributed by atoms with Crippen LogP contribution in [0.1, 0.15) is 58.4 Å². The number of anilines is 1. The third kappa shape index (κ3) is 5.65. The Hall–Kier alpha value is -1.82. The van der Waals surface area contributed by atoms with Crippen molar-refractivity contribution in [3.05, 3.63) is 29.8 Å². The van der Waals surface area contributed by atoms with Crippen LogP contribution in [0.2, 0.25) is 0 Å². The second-order valence-electron chi connectivity index (χ2n) is 10.1. The fourth-order valence-corrected chi connectivity index (χ4v) is 5.34. The summed E-state index contributed by atoms with van der Waals surface area (Å²) in [6.45, 7) is 9.48. The highest BCUT2D eigenvalue weighted by Crippen LogP contribution is 2.42. The molecule has 6 heteroatoms. The van der Waals surface area contributed by atoms with Gasteiger partial charge in [0.05, 0.1) is 4.99 Å². The molecule has 0 aliphatic carbocycles. The van der Waals surface area contributed by atoms with Gasteiger partial charge in [-0.15, -0.1) is 0 Å². The van der Waals surface area contributed by atoms with Crippen molar-refractivity contribution >= 4 is 29.0 Å². The van der Waals surface area contributed by atoms with Gasteiger partial charge >= 0.3 is 6.09 Å². The second-order valence-corrected chi connectivity index (χ2v) is 10.6. The zero-order valence-electron chi connectivity index (χ0n) is 18.6. The zero-order valence-corrected chi connectivity index (χ0v) is 19.5. The topological polar surface area (TPSA) is 69.8 Å². The monoisotopic (exact) mass is 431 g/mol. The molecule has 3 N–H and O–H groups in total. The number of amides is 1. The Balaban J connectivity index is 1.67. The summed E-state index contributed by atoms with van der Waals surface area (Å²) in [6, 6.07) is 9.40. The summed E-state index contributed by atoms with van der Waals surface area (Å²) in [5, 5.41) is 9.23. The van der Waals surface area contributed by atoms with Gasteiger partial charge < -0.3 is 20.6 Å². The van der Waals surface area contributed by atoms with Gasteiger partial charge in [0.1, 0.15) is 0 Å². The van der Waals surface area contributed by atoms with Gasteiger partial charge in [-0.2, -0.15) is 0 Å². The predicted octanol–water partition coefficient (Wildman–Crippen LogP) is 4.93. The fraction of sp³-hybridized carbons (Fsp3) is 0.667. The van der Waals surface area contributed by atoms with Crippen molar-refractivity contribution in [1.82, 2.24) is 4.90 Å². The minimum Gasteiger partial charge on any atom is -0.465 e. The van der Waals surface area contributed by atoms with Gasteiger partial charge in [-0.1, -0.05) is 45.1 Å². The van der Waals surface area contributed by atoms with Crippen molar-refractivity contribution in [2.24, 2.45) is 23.0 Å². The largest absolute Gasteiger partial charge is 0.465 e. The molecule has 2 saturated heterocycles. The molecule has 1 aromatic carbocycles. The first-order valence-electron chi connectivity index (χ1n) is 11.3. The molecule has 1 amide bonds. The van der Waals surface area contributed by atoms with E-state index in [2.05, 4.69) is 49.9 Å². The number of rotatable bonds is 5.